The fraction of sp³-hybridized carbons (Fsp3) is 0.789. The Morgan fingerprint density at radius 3 is 1.29 bits per heavy atom. The summed E-state index contributed by atoms with van der Waals surface area (Å²) < 4.78 is 72.4. The molecule has 48 heavy (non-hydrogen) atoms. The summed E-state index contributed by atoms with van der Waals surface area (Å²) in [5.74, 6) is 1.81. The van der Waals surface area contributed by atoms with Gasteiger partial charge in [0.15, 0.2) is 0 Å². The summed E-state index contributed by atoms with van der Waals surface area (Å²) in [4.78, 5) is 0. The Labute approximate surface area is 293 Å². The highest BCUT2D eigenvalue weighted by atomic mass is 32.2. The monoisotopic (exact) mass is 716 g/mol. The summed E-state index contributed by atoms with van der Waals surface area (Å²) in [5.41, 5.74) is 0. The minimum atomic E-state index is -4.03. The van der Waals surface area contributed by atoms with Gasteiger partial charge in [0.05, 0.1) is 0 Å². The molecule has 0 aromatic carbocycles. The molecule has 0 aliphatic heterocycles. The molecular weight excluding hydrogens is 649 g/mol. The molecule has 0 radical (unpaired) electrons. The Morgan fingerprint density at radius 1 is 0.479 bits per heavy atom. The van der Waals surface area contributed by atoms with Gasteiger partial charge >= 0.3 is 0 Å². The van der Waals surface area contributed by atoms with Crippen molar-refractivity contribution < 1.29 is 34.8 Å². The van der Waals surface area contributed by atoms with Crippen LogP contribution in [0.15, 0.2) is 33.1 Å². The van der Waals surface area contributed by atoms with Crippen LogP contribution in [0.4, 0.5) is 0 Å². The highest BCUT2D eigenvalue weighted by molar-refractivity contribution is 7.85. The number of furan rings is 2. The first kappa shape index (κ1) is 44.4. The van der Waals surface area contributed by atoms with Crippen LogP contribution in [0.25, 0.3) is 0 Å². The van der Waals surface area contributed by atoms with E-state index < -0.39 is 31.7 Å². The van der Waals surface area contributed by atoms with Crippen LogP contribution in [-0.2, 0) is 38.2 Å². The molecular formula is C38H68O8S2. The molecule has 0 bridgehead atoms. The van der Waals surface area contributed by atoms with Crippen molar-refractivity contribution >= 4 is 20.2 Å². The van der Waals surface area contributed by atoms with Crippen molar-refractivity contribution in [2.75, 3.05) is 0 Å². The average molecular weight is 717 g/mol. The third-order valence-corrected chi connectivity index (χ3v) is 10.1. The Kier molecular flexibility index (Phi) is 25.1. The van der Waals surface area contributed by atoms with Crippen LogP contribution in [0.1, 0.15) is 197 Å². The zero-order valence-corrected chi connectivity index (χ0v) is 32.1. The average Bonchev–Trinajstić information content (AvgIpc) is 3.66. The number of aryl methyl sites for hydroxylation is 1. The largest absolute Gasteiger partial charge is 0.465 e. The molecule has 0 saturated heterocycles. The third-order valence-electron chi connectivity index (χ3n) is 8.79. The van der Waals surface area contributed by atoms with Gasteiger partial charge in [0.25, 0.3) is 20.2 Å². The van der Waals surface area contributed by atoms with Crippen LogP contribution < -0.4 is 0 Å². The van der Waals surface area contributed by atoms with Gasteiger partial charge in [-0.1, -0.05) is 149 Å². The Morgan fingerprint density at radius 2 is 0.833 bits per heavy atom. The summed E-state index contributed by atoms with van der Waals surface area (Å²) in [5, 5.41) is 0. The maximum Gasteiger partial charge on any atom is 0.272 e. The zero-order chi connectivity index (χ0) is 35.5. The first-order chi connectivity index (χ1) is 23.0. The molecule has 2 heterocycles. The van der Waals surface area contributed by atoms with E-state index in [-0.39, 0.29) is 0 Å². The Balaban J connectivity index is 0.000000480. The number of hydrogen-bond donors (Lipinski definition) is 2. The van der Waals surface area contributed by atoms with Crippen LogP contribution >= 0.6 is 0 Å². The number of rotatable bonds is 29. The fourth-order valence-electron chi connectivity index (χ4n) is 6.07. The fourth-order valence-corrected chi connectivity index (χ4v) is 7.10. The van der Waals surface area contributed by atoms with E-state index in [2.05, 4.69) is 20.8 Å². The molecule has 1 unspecified atom stereocenters. The molecule has 0 spiro atoms. The van der Waals surface area contributed by atoms with Gasteiger partial charge in [0.2, 0.25) is 0 Å². The van der Waals surface area contributed by atoms with E-state index in [1.54, 1.807) is 18.2 Å². The smallest absolute Gasteiger partial charge is 0.272 e. The molecule has 10 heteroatoms. The van der Waals surface area contributed by atoms with Gasteiger partial charge in [-0.3, -0.25) is 9.11 Å². The molecule has 0 aliphatic rings. The molecule has 1 atom stereocenters. The van der Waals surface area contributed by atoms with Crippen LogP contribution in [0.2, 0.25) is 0 Å². The molecule has 0 fully saturated rings. The molecule has 2 aromatic rings. The quantitative estimate of drug-likeness (QED) is 0.0627. The zero-order valence-electron chi connectivity index (χ0n) is 30.4. The SMILES string of the molecule is CCCCCCCC(CCCCCC)c1ccc(CS(=O)(=O)O)o1.CCCCCCCCCCCCCCc1ccc(CS(=O)(=O)O)o1. The van der Waals surface area contributed by atoms with Gasteiger partial charge in [0, 0.05) is 12.3 Å². The predicted octanol–water partition coefficient (Wildman–Crippen LogP) is 12.0. The second-order valence-corrected chi connectivity index (χ2v) is 16.4. The first-order valence-corrected chi connectivity index (χ1v) is 22.3. The van der Waals surface area contributed by atoms with E-state index in [9.17, 15) is 16.8 Å². The summed E-state index contributed by atoms with van der Waals surface area (Å²) in [6.45, 7) is 6.68. The van der Waals surface area contributed by atoms with Gasteiger partial charge in [-0.2, -0.15) is 16.8 Å². The molecule has 280 valence electrons. The van der Waals surface area contributed by atoms with Crippen molar-refractivity contribution in [3.63, 3.8) is 0 Å². The lowest BCUT2D eigenvalue weighted by Gasteiger charge is -2.14. The van der Waals surface area contributed by atoms with Crippen molar-refractivity contribution in [3.05, 3.63) is 47.3 Å². The number of unbranched alkanes of at least 4 members (excludes halogenated alkanes) is 18. The van der Waals surface area contributed by atoms with Crippen LogP contribution in [-0.4, -0.2) is 25.9 Å². The summed E-state index contributed by atoms with van der Waals surface area (Å²) >= 11 is 0. The molecule has 2 N–H and O–H groups in total. The summed E-state index contributed by atoms with van der Waals surface area (Å²) in [6.07, 6.45) is 30.0. The van der Waals surface area contributed by atoms with Crippen molar-refractivity contribution in [1.29, 1.82) is 0 Å². The van der Waals surface area contributed by atoms with Crippen molar-refractivity contribution in [1.82, 2.24) is 0 Å². The highest BCUT2D eigenvalue weighted by Crippen LogP contribution is 2.30. The van der Waals surface area contributed by atoms with E-state index in [1.165, 1.54) is 128 Å². The van der Waals surface area contributed by atoms with Crippen molar-refractivity contribution in [2.45, 2.75) is 192 Å². The molecule has 8 nitrogen and oxygen atoms in total. The van der Waals surface area contributed by atoms with E-state index in [0.717, 1.165) is 37.2 Å². The van der Waals surface area contributed by atoms with E-state index in [0.29, 0.717) is 17.4 Å². The predicted molar refractivity (Wildman–Crippen MR) is 198 cm³/mol. The van der Waals surface area contributed by atoms with Crippen molar-refractivity contribution in [3.8, 4) is 0 Å². The maximum atomic E-state index is 11.0. The van der Waals surface area contributed by atoms with Crippen molar-refractivity contribution in [2.24, 2.45) is 0 Å². The maximum absolute atomic E-state index is 11.0. The van der Waals surface area contributed by atoms with E-state index in [4.69, 9.17) is 17.9 Å². The standard InChI is InChI=1S/2C19H34O4S/c1-3-5-7-9-11-13-17(12-10-8-6-4-2)19-15-14-18(23-19)16-24(20,21)22;1-2-3-4-5-6-7-8-9-10-11-12-13-14-18-15-16-19(23-18)17-24(20,21)22/h14-15,17H,3-13,16H2,1-2H3,(H,20,21,22);15-16H,2-14,17H2,1H3,(H,20,21,22). The second kappa shape index (κ2) is 27.1. The van der Waals surface area contributed by atoms with Gasteiger partial charge in [-0.15, -0.1) is 0 Å². The highest BCUT2D eigenvalue weighted by Gasteiger charge is 2.18. The van der Waals surface area contributed by atoms with E-state index in [1.807, 2.05) is 6.07 Å². The van der Waals surface area contributed by atoms with Gasteiger partial charge in [-0.05, 0) is 43.5 Å². The van der Waals surface area contributed by atoms with Gasteiger partial charge in [0.1, 0.15) is 34.5 Å². The minimum Gasteiger partial charge on any atom is -0.465 e. The second-order valence-electron chi connectivity index (χ2n) is 13.5. The minimum absolute atomic E-state index is 0.312. The molecule has 2 aromatic heterocycles. The lowest BCUT2D eigenvalue weighted by atomic mass is 9.92. The molecule has 0 amide bonds. The van der Waals surface area contributed by atoms with E-state index >= 15 is 0 Å². The first-order valence-electron chi connectivity index (χ1n) is 19.0. The Bertz CT molecular complexity index is 1250. The Hall–Kier alpha value is -1.62. The number of hydrogen-bond acceptors (Lipinski definition) is 6. The lowest BCUT2D eigenvalue weighted by molar-refractivity contribution is 0.390. The lowest BCUT2D eigenvalue weighted by Crippen LogP contribution is -2.01. The molecule has 0 aliphatic carbocycles. The summed E-state index contributed by atoms with van der Waals surface area (Å²) in [6, 6.07) is 7.00. The summed E-state index contributed by atoms with van der Waals surface area (Å²) in [7, 11) is -8.04. The van der Waals surface area contributed by atoms with Crippen LogP contribution in [0.3, 0.4) is 0 Å². The van der Waals surface area contributed by atoms with Crippen LogP contribution in [0.5, 0.6) is 0 Å². The van der Waals surface area contributed by atoms with Gasteiger partial charge < -0.3 is 8.83 Å². The van der Waals surface area contributed by atoms with Gasteiger partial charge in [-0.25, -0.2) is 0 Å². The normalized spacial score (nSPS) is 12.6. The topological polar surface area (TPSA) is 135 Å². The third kappa shape index (κ3) is 25.4. The van der Waals surface area contributed by atoms with Crippen LogP contribution in [0, 0.1) is 0 Å². The molecule has 0 saturated carbocycles. The molecule has 2 rings (SSSR count).